The number of rotatable bonds is 2. The smallest absolute Gasteiger partial charge is 0.375 e. The van der Waals surface area contributed by atoms with Gasteiger partial charge in [-0.2, -0.15) is 21.6 Å². The minimum absolute atomic E-state index is 0.0998. The molecule has 0 radical (unpaired) electrons. The van der Waals surface area contributed by atoms with Crippen LogP contribution in [0.1, 0.15) is 5.56 Å². The van der Waals surface area contributed by atoms with Gasteiger partial charge in [-0.25, -0.2) is 0 Å². The summed E-state index contributed by atoms with van der Waals surface area (Å²) in [5.41, 5.74) is -4.91. The van der Waals surface area contributed by atoms with Gasteiger partial charge in [0, 0.05) is 4.47 Å². The van der Waals surface area contributed by atoms with Gasteiger partial charge in [0.25, 0.3) is 0 Å². The minimum Gasteiger partial charge on any atom is -0.375 e. The highest BCUT2D eigenvalue weighted by molar-refractivity contribution is 9.11. The maximum Gasteiger partial charge on any atom is 0.534 e. The Labute approximate surface area is 112 Å². The Morgan fingerprint density at radius 2 is 1.71 bits per heavy atom. The van der Waals surface area contributed by atoms with Crippen molar-refractivity contribution >= 4 is 42.0 Å². The van der Waals surface area contributed by atoms with Crippen molar-refractivity contribution in [3.05, 3.63) is 26.6 Å². The number of benzene rings is 1. The van der Waals surface area contributed by atoms with Crippen molar-refractivity contribution in [3.8, 4) is 5.75 Å². The third kappa shape index (κ3) is 3.35. The van der Waals surface area contributed by atoms with Crippen LogP contribution in [0.5, 0.6) is 5.75 Å². The molecule has 1 aromatic rings. The molecule has 0 saturated heterocycles. The predicted octanol–water partition coefficient (Wildman–Crippen LogP) is 3.75. The highest BCUT2D eigenvalue weighted by atomic mass is 79.9. The van der Waals surface area contributed by atoms with E-state index in [2.05, 4.69) is 36.0 Å². The van der Waals surface area contributed by atoms with Gasteiger partial charge in [0.2, 0.25) is 0 Å². The molecule has 0 aliphatic rings. The molecule has 0 heterocycles. The van der Waals surface area contributed by atoms with Gasteiger partial charge in [0.1, 0.15) is 0 Å². The number of hydrogen-bond acceptors (Lipinski definition) is 3. The van der Waals surface area contributed by atoms with Crippen LogP contribution < -0.4 is 4.18 Å². The highest BCUT2D eigenvalue weighted by Gasteiger charge is 2.48. The van der Waals surface area contributed by atoms with E-state index in [-0.39, 0.29) is 4.47 Å². The second kappa shape index (κ2) is 4.77. The van der Waals surface area contributed by atoms with Crippen LogP contribution in [0, 0.1) is 6.92 Å². The average molecular weight is 398 g/mol. The third-order valence-corrected chi connectivity index (χ3v) is 4.14. The van der Waals surface area contributed by atoms with Gasteiger partial charge >= 0.3 is 15.6 Å². The van der Waals surface area contributed by atoms with Crippen LogP contribution in [0.25, 0.3) is 0 Å². The first-order valence-electron chi connectivity index (χ1n) is 4.01. The zero-order chi connectivity index (χ0) is 13.4. The fourth-order valence-electron chi connectivity index (χ4n) is 0.860. The SMILES string of the molecule is Cc1cc(OS(=O)(=O)C(F)(F)F)c(Br)cc1Br. The lowest BCUT2D eigenvalue weighted by Gasteiger charge is -2.11. The first-order valence-corrected chi connectivity index (χ1v) is 7.00. The molecule has 0 fully saturated rings. The summed E-state index contributed by atoms with van der Waals surface area (Å²) in [5, 5.41) is 0. The normalized spacial score (nSPS) is 12.6. The number of alkyl halides is 3. The van der Waals surface area contributed by atoms with Crippen LogP contribution >= 0.6 is 31.9 Å². The Morgan fingerprint density at radius 3 is 2.18 bits per heavy atom. The molecular formula is C8H5Br2F3O3S. The molecule has 1 rings (SSSR count). The van der Waals surface area contributed by atoms with E-state index in [1.165, 1.54) is 12.1 Å². The third-order valence-electron chi connectivity index (χ3n) is 1.70. The van der Waals surface area contributed by atoms with Crippen LogP contribution in [-0.2, 0) is 10.1 Å². The molecule has 9 heteroatoms. The van der Waals surface area contributed by atoms with Gasteiger partial charge in [-0.05, 0) is 40.5 Å². The van der Waals surface area contributed by atoms with E-state index in [0.29, 0.717) is 10.0 Å². The second-order valence-corrected chi connectivity index (χ2v) is 6.26. The quantitative estimate of drug-likeness (QED) is 0.563. The van der Waals surface area contributed by atoms with Gasteiger partial charge in [0.05, 0.1) is 4.47 Å². The first-order chi connectivity index (χ1) is 7.54. The molecule has 0 spiro atoms. The standard InChI is InChI=1S/C8H5Br2F3O3S/c1-4-2-7(6(10)3-5(4)9)16-17(14,15)8(11,12)13/h2-3H,1H3. The van der Waals surface area contributed by atoms with Crippen molar-refractivity contribution < 1.29 is 25.8 Å². The Bertz CT molecular complexity index is 540. The number of halogens is 5. The molecule has 1 aromatic carbocycles. The van der Waals surface area contributed by atoms with Crippen LogP contribution in [0.15, 0.2) is 21.1 Å². The highest BCUT2D eigenvalue weighted by Crippen LogP contribution is 2.34. The zero-order valence-corrected chi connectivity index (χ0v) is 12.2. The number of hydrogen-bond donors (Lipinski definition) is 0. The largest absolute Gasteiger partial charge is 0.534 e. The summed E-state index contributed by atoms with van der Waals surface area (Å²) in [6.07, 6.45) is 0. The Balaban J connectivity index is 3.18. The lowest BCUT2D eigenvalue weighted by molar-refractivity contribution is -0.0500. The van der Waals surface area contributed by atoms with Crippen molar-refractivity contribution in [2.24, 2.45) is 0 Å². The molecule has 3 nitrogen and oxygen atoms in total. The fourth-order valence-corrected chi connectivity index (χ4v) is 2.51. The van der Waals surface area contributed by atoms with E-state index in [4.69, 9.17) is 0 Å². The van der Waals surface area contributed by atoms with Crippen LogP contribution in [0.3, 0.4) is 0 Å². The summed E-state index contributed by atoms with van der Waals surface area (Å²) in [5.74, 6) is -0.414. The molecule has 0 saturated carbocycles. The van der Waals surface area contributed by atoms with E-state index >= 15 is 0 Å². The van der Waals surface area contributed by atoms with Crippen molar-refractivity contribution in [2.75, 3.05) is 0 Å². The van der Waals surface area contributed by atoms with Gasteiger partial charge in [0.15, 0.2) is 5.75 Å². The maximum absolute atomic E-state index is 12.1. The predicted molar refractivity (Wildman–Crippen MR) is 62.2 cm³/mol. The monoisotopic (exact) mass is 396 g/mol. The molecule has 0 N–H and O–H groups in total. The molecular weight excluding hydrogens is 393 g/mol. The number of aryl methyl sites for hydroxylation is 1. The zero-order valence-electron chi connectivity index (χ0n) is 8.18. The van der Waals surface area contributed by atoms with Crippen molar-refractivity contribution in [1.82, 2.24) is 0 Å². The van der Waals surface area contributed by atoms with E-state index < -0.39 is 21.4 Å². The van der Waals surface area contributed by atoms with E-state index in [1.54, 1.807) is 6.92 Å². The van der Waals surface area contributed by atoms with Crippen molar-refractivity contribution in [3.63, 3.8) is 0 Å². The lowest BCUT2D eigenvalue weighted by atomic mass is 10.2. The fraction of sp³-hybridized carbons (Fsp3) is 0.250. The molecule has 0 bridgehead atoms. The van der Waals surface area contributed by atoms with E-state index in [9.17, 15) is 21.6 Å². The van der Waals surface area contributed by atoms with E-state index in [0.717, 1.165) is 0 Å². The summed E-state index contributed by atoms with van der Waals surface area (Å²) < 4.78 is 62.6. The van der Waals surface area contributed by atoms with Crippen LogP contribution in [-0.4, -0.2) is 13.9 Å². The van der Waals surface area contributed by atoms with Crippen LogP contribution in [0.2, 0.25) is 0 Å². The van der Waals surface area contributed by atoms with Crippen LogP contribution in [0.4, 0.5) is 13.2 Å². The summed E-state index contributed by atoms with van der Waals surface area (Å²) >= 11 is 6.06. The Kier molecular flexibility index (Phi) is 4.15. The summed E-state index contributed by atoms with van der Waals surface area (Å²) in [7, 11) is -5.65. The Hall–Kier alpha value is -0.280. The second-order valence-electron chi connectivity index (χ2n) is 3.02. The maximum atomic E-state index is 12.1. The molecule has 17 heavy (non-hydrogen) atoms. The molecule has 96 valence electrons. The summed E-state index contributed by atoms with van der Waals surface area (Å²) in [6, 6.07) is 2.58. The first kappa shape index (κ1) is 14.8. The minimum atomic E-state index is -5.65. The lowest BCUT2D eigenvalue weighted by Crippen LogP contribution is -2.28. The Morgan fingerprint density at radius 1 is 1.18 bits per heavy atom. The van der Waals surface area contributed by atoms with Gasteiger partial charge in [-0.1, -0.05) is 15.9 Å². The summed E-state index contributed by atoms with van der Waals surface area (Å²) in [6.45, 7) is 1.59. The molecule has 0 aliphatic heterocycles. The van der Waals surface area contributed by atoms with Crippen molar-refractivity contribution in [1.29, 1.82) is 0 Å². The molecule has 0 atom stereocenters. The van der Waals surface area contributed by atoms with Gasteiger partial charge < -0.3 is 4.18 Å². The molecule has 0 amide bonds. The summed E-state index contributed by atoms with van der Waals surface area (Å²) in [4.78, 5) is 0. The topological polar surface area (TPSA) is 43.4 Å². The molecule has 0 aromatic heterocycles. The van der Waals surface area contributed by atoms with Crippen molar-refractivity contribution in [2.45, 2.75) is 12.4 Å². The molecule has 0 aliphatic carbocycles. The van der Waals surface area contributed by atoms with Gasteiger partial charge in [-0.3, -0.25) is 0 Å². The molecule has 0 unspecified atom stereocenters. The van der Waals surface area contributed by atoms with E-state index in [1.807, 2.05) is 0 Å². The van der Waals surface area contributed by atoms with Gasteiger partial charge in [-0.15, -0.1) is 0 Å². The average Bonchev–Trinajstić information content (AvgIpc) is 2.12.